The van der Waals surface area contributed by atoms with Crippen LogP contribution < -0.4 is 5.32 Å². The van der Waals surface area contributed by atoms with E-state index < -0.39 is 0 Å². The van der Waals surface area contributed by atoms with Gasteiger partial charge in [-0.1, -0.05) is 32.1 Å². The standard InChI is InChI=1S/C15H31NO/c1-13(12-15(2,3)17-4)16-11-10-14-8-6-5-7-9-14/h13-14,16H,5-12H2,1-4H3. The van der Waals surface area contributed by atoms with Crippen LogP contribution in [0.1, 0.15) is 65.7 Å². The molecule has 1 N–H and O–H groups in total. The highest BCUT2D eigenvalue weighted by atomic mass is 16.5. The van der Waals surface area contributed by atoms with Crippen molar-refractivity contribution in [3.05, 3.63) is 0 Å². The fourth-order valence-electron chi connectivity index (χ4n) is 2.90. The molecule has 0 heterocycles. The van der Waals surface area contributed by atoms with Crippen molar-refractivity contribution in [1.82, 2.24) is 5.32 Å². The molecule has 0 aliphatic heterocycles. The summed E-state index contributed by atoms with van der Waals surface area (Å²) in [6.07, 6.45) is 9.72. The Labute approximate surface area is 108 Å². The van der Waals surface area contributed by atoms with Crippen LogP contribution in [0.25, 0.3) is 0 Å². The molecular formula is C15H31NO. The molecule has 2 nitrogen and oxygen atoms in total. The molecule has 0 spiro atoms. The summed E-state index contributed by atoms with van der Waals surface area (Å²) in [7, 11) is 1.80. The zero-order valence-electron chi connectivity index (χ0n) is 12.2. The molecule has 0 bridgehead atoms. The van der Waals surface area contributed by atoms with E-state index in [2.05, 4.69) is 26.1 Å². The predicted octanol–water partition coefficient (Wildman–Crippen LogP) is 3.75. The summed E-state index contributed by atoms with van der Waals surface area (Å²) in [4.78, 5) is 0. The van der Waals surface area contributed by atoms with E-state index in [9.17, 15) is 0 Å². The Hall–Kier alpha value is -0.0800. The predicted molar refractivity (Wildman–Crippen MR) is 74.4 cm³/mol. The van der Waals surface area contributed by atoms with Gasteiger partial charge in [-0.05, 0) is 46.1 Å². The smallest absolute Gasteiger partial charge is 0.0637 e. The van der Waals surface area contributed by atoms with E-state index in [1.807, 2.05) is 0 Å². The molecular weight excluding hydrogens is 210 g/mol. The van der Waals surface area contributed by atoms with Gasteiger partial charge in [0.1, 0.15) is 0 Å². The SMILES string of the molecule is COC(C)(C)CC(C)NCCC1CCCCC1. The quantitative estimate of drug-likeness (QED) is 0.733. The second-order valence-electron chi connectivity index (χ2n) is 6.32. The summed E-state index contributed by atoms with van der Waals surface area (Å²) in [5, 5.41) is 3.64. The van der Waals surface area contributed by atoms with E-state index in [1.165, 1.54) is 45.1 Å². The third kappa shape index (κ3) is 6.42. The average molecular weight is 241 g/mol. The normalized spacial score (nSPS) is 20.5. The third-order valence-corrected chi connectivity index (χ3v) is 4.12. The fourth-order valence-corrected chi connectivity index (χ4v) is 2.90. The Morgan fingerprint density at radius 2 is 1.88 bits per heavy atom. The maximum absolute atomic E-state index is 5.46. The van der Waals surface area contributed by atoms with Crippen LogP contribution in [0.3, 0.4) is 0 Å². The summed E-state index contributed by atoms with van der Waals surface area (Å²) in [5.41, 5.74) is -0.00272. The van der Waals surface area contributed by atoms with Gasteiger partial charge < -0.3 is 10.1 Å². The van der Waals surface area contributed by atoms with E-state index in [0.29, 0.717) is 6.04 Å². The molecule has 17 heavy (non-hydrogen) atoms. The van der Waals surface area contributed by atoms with Crippen LogP contribution in [-0.2, 0) is 4.74 Å². The first-order valence-electron chi connectivity index (χ1n) is 7.32. The summed E-state index contributed by atoms with van der Waals surface area (Å²) in [6, 6.07) is 0.550. The molecule has 0 aromatic heterocycles. The first-order valence-corrected chi connectivity index (χ1v) is 7.32. The summed E-state index contributed by atoms with van der Waals surface area (Å²) < 4.78 is 5.46. The zero-order chi connectivity index (χ0) is 12.7. The summed E-state index contributed by atoms with van der Waals surface area (Å²) in [5.74, 6) is 0.985. The van der Waals surface area contributed by atoms with E-state index in [1.54, 1.807) is 7.11 Å². The number of hydrogen-bond donors (Lipinski definition) is 1. The van der Waals surface area contributed by atoms with Crippen LogP contribution in [0.2, 0.25) is 0 Å². The molecule has 0 aromatic carbocycles. The first kappa shape index (κ1) is 15.0. The zero-order valence-corrected chi connectivity index (χ0v) is 12.2. The van der Waals surface area contributed by atoms with Gasteiger partial charge in [0.15, 0.2) is 0 Å². The van der Waals surface area contributed by atoms with Gasteiger partial charge in [-0.3, -0.25) is 0 Å². The molecule has 1 saturated carbocycles. The van der Waals surface area contributed by atoms with Crippen LogP contribution >= 0.6 is 0 Å². The van der Waals surface area contributed by atoms with Gasteiger partial charge in [0.2, 0.25) is 0 Å². The van der Waals surface area contributed by atoms with E-state index >= 15 is 0 Å². The largest absolute Gasteiger partial charge is 0.379 e. The van der Waals surface area contributed by atoms with Crippen LogP contribution in [0, 0.1) is 5.92 Å². The van der Waals surface area contributed by atoms with Crippen molar-refractivity contribution in [2.24, 2.45) is 5.92 Å². The second-order valence-corrected chi connectivity index (χ2v) is 6.32. The van der Waals surface area contributed by atoms with Crippen molar-refractivity contribution < 1.29 is 4.74 Å². The lowest BCUT2D eigenvalue weighted by Crippen LogP contribution is -2.36. The van der Waals surface area contributed by atoms with Crippen molar-refractivity contribution in [3.63, 3.8) is 0 Å². The van der Waals surface area contributed by atoms with Gasteiger partial charge in [-0.2, -0.15) is 0 Å². The summed E-state index contributed by atoms with van der Waals surface area (Å²) >= 11 is 0. The topological polar surface area (TPSA) is 21.3 Å². The molecule has 1 fully saturated rings. The number of hydrogen-bond acceptors (Lipinski definition) is 2. The van der Waals surface area contributed by atoms with Crippen molar-refractivity contribution in [3.8, 4) is 0 Å². The van der Waals surface area contributed by atoms with Crippen LogP contribution in [-0.4, -0.2) is 25.3 Å². The van der Waals surface area contributed by atoms with Crippen LogP contribution in [0.4, 0.5) is 0 Å². The van der Waals surface area contributed by atoms with Gasteiger partial charge in [-0.15, -0.1) is 0 Å². The number of rotatable bonds is 7. The van der Waals surface area contributed by atoms with Crippen molar-refractivity contribution in [1.29, 1.82) is 0 Å². The third-order valence-electron chi connectivity index (χ3n) is 4.12. The van der Waals surface area contributed by atoms with Gasteiger partial charge in [0, 0.05) is 13.2 Å². The van der Waals surface area contributed by atoms with Gasteiger partial charge >= 0.3 is 0 Å². The Morgan fingerprint density at radius 1 is 1.24 bits per heavy atom. The Balaban J connectivity index is 2.09. The highest BCUT2D eigenvalue weighted by molar-refractivity contribution is 4.76. The minimum absolute atomic E-state index is 0.00272. The van der Waals surface area contributed by atoms with Gasteiger partial charge in [0.05, 0.1) is 5.60 Å². The molecule has 2 heteroatoms. The van der Waals surface area contributed by atoms with Crippen molar-refractivity contribution >= 4 is 0 Å². The molecule has 0 radical (unpaired) electrons. The van der Waals surface area contributed by atoms with E-state index in [4.69, 9.17) is 4.74 Å². The minimum atomic E-state index is -0.00272. The maximum Gasteiger partial charge on any atom is 0.0637 e. The molecule has 1 rings (SSSR count). The maximum atomic E-state index is 5.46. The minimum Gasteiger partial charge on any atom is -0.379 e. The molecule has 1 unspecified atom stereocenters. The lowest BCUT2D eigenvalue weighted by atomic mass is 9.87. The average Bonchev–Trinajstić information content (AvgIpc) is 2.30. The number of nitrogens with one attached hydrogen (secondary N) is 1. The number of ether oxygens (including phenoxy) is 1. The highest BCUT2D eigenvalue weighted by Crippen LogP contribution is 2.25. The fraction of sp³-hybridized carbons (Fsp3) is 1.00. The Morgan fingerprint density at radius 3 is 2.47 bits per heavy atom. The molecule has 0 saturated heterocycles. The Kier molecular flexibility index (Phi) is 6.50. The monoisotopic (exact) mass is 241 g/mol. The number of methoxy groups -OCH3 is 1. The lowest BCUT2D eigenvalue weighted by molar-refractivity contribution is 0.00850. The molecule has 1 aliphatic rings. The second kappa shape index (κ2) is 7.38. The molecule has 0 aromatic rings. The molecule has 0 amide bonds. The Bertz CT molecular complexity index is 197. The summed E-state index contributed by atoms with van der Waals surface area (Å²) in [6.45, 7) is 7.76. The molecule has 102 valence electrons. The van der Waals surface area contributed by atoms with Gasteiger partial charge in [-0.25, -0.2) is 0 Å². The molecule has 1 aliphatic carbocycles. The van der Waals surface area contributed by atoms with E-state index in [-0.39, 0.29) is 5.60 Å². The van der Waals surface area contributed by atoms with Crippen LogP contribution in [0.5, 0.6) is 0 Å². The van der Waals surface area contributed by atoms with E-state index in [0.717, 1.165) is 12.3 Å². The highest BCUT2D eigenvalue weighted by Gasteiger charge is 2.20. The van der Waals surface area contributed by atoms with Crippen molar-refractivity contribution in [2.75, 3.05) is 13.7 Å². The van der Waals surface area contributed by atoms with Crippen LogP contribution in [0.15, 0.2) is 0 Å². The van der Waals surface area contributed by atoms with Gasteiger partial charge in [0.25, 0.3) is 0 Å². The lowest BCUT2D eigenvalue weighted by Gasteiger charge is -2.28. The molecule has 1 atom stereocenters. The van der Waals surface area contributed by atoms with Crippen molar-refractivity contribution in [2.45, 2.75) is 77.4 Å². The first-order chi connectivity index (χ1) is 8.03.